The van der Waals surface area contributed by atoms with Crippen molar-refractivity contribution in [2.45, 2.75) is 26.2 Å². The van der Waals surface area contributed by atoms with Crippen LogP contribution in [0.5, 0.6) is 0 Å². The number of hydrogen-bond donors (Lipinski definition) is 0. The number of hydrogen-bond acceptors (Lipinski definition) is 4. The molecule has 0 fully saturated rings. The molecule has 6 nitrogen and oxygen atoms in total. The Morgan fingerprint density at radius 1 is 0.315 bits per heavy atom. The summed E-state index contributed by atoms with van der Waals surface area (Å²) in [5, 5.41) is 9.21. The SMILES string of the molecule is CC(C)(C)c1cc2c3c(c1)N(c1ccc(-c4ccccc4)c4c1oc1ccccc14)c1cc(-n4c5ccccc5c5ccccc54)ccc1B3c1ccc(-n3c4ccccc4c4ccccc43)cc1N2c1ccc(-c2ccccc2)c2c1oc1ccccc12. The molecule has 2 aliphatic heterocycles. The van der Waals surface area contributed by atoms with Crippen molar-refractivity contribution < 1.29 is 8.83 Å². The topological polar surface area (TPSA) is 42.6 Å². The summed E-state index contributed by atoms with van der Waals surface area (Å²) in [6.45, 7) is 6.83. The first-order valence-electron chi connectivity index (χ1n) is 30.9. The molecule has 4 aromatic heterocycles. The molecular weight excluding hydrogens is 1080 g/mol. The van der Waals surface area contributed by atoms with Gasteiger partial charge < -0.3 is 27.8 Å². The van der Waals surface area contributed by atoms with E-state index >= 15 is 0 Å². The number of furan rings is 2. The predicted octanol–water partition coefficient (Wildman–Crippen LogP) is 20.4. The molecule has 7 heteroatoms. The summed E-state index contributed by atoms with van der Waals surface area (Å²) in [6.07, 6.45) is 0. The Bertz CT molecular complexity index is 5370. The van der Waals surface area contributed by atoms with E-state index in [1.807, 2.05) is 0 Å². The lowest BCUT2D eigenvalue weighted by Gasteiger charge is -2.45. The Labute approximate surface area is 514 Å². The summed E-state index contributed by atoms with van der Waals surface area (Å²) < 4.78 is 19.6. The summed E-state index contributed by atoms with van der Waals surface area (Å²) in [6, 6.07) is 103. The first-order chi connectivity index (χ1) is 43.8. The van der Waals surface area contributed by atoms with E-state index in [1.165, 1.54) is 43.5 Å². The van der Waals surface area contributed by atoms with Crippen LogP contribution in [0.2, 0.25) is 0 Å². The van der Waals surface area contributed by atoms with Crippen molar-refractivity contribution in [3.05, 3.63) is 285 Å². The zero-order valence-corrected chi connectivity index (χ0v) is 49.2. The largest absolute Gasteiger partial charge is 0.454 e. The Morgan fingerprint density at radius 3 is 1.07 bits per heavy atom. The van der Waals surface area contributed by atoms with Gasteiger partial charge in [0.2, 0.25) is 0 Å². The number of benzene rings is 13. The second-order valence-electron chi connectivity index (χ2n) is 25.1. The maximum Gasteiger partial charge on any atom is 0.252 e. The first kappa shape index (κ1) is 49.9. The van der Waals surface area contributed by atoms with Crippen molar-refractivity contribution >= 4 is 145 Å². The van der Waals surface area contributed by atoms with E-state index in [0.29, 0.717) is 0 Å². The third kappa shape index (κ3) is 7.15. The van der Waals surface area contributed by atoms with Gasteiger partial charge in [0.1, 0.15) is 11.2 Å². The molecule has 0 aliphatic carbocycles. The molecule has 0 saturated carbocycles. The van der Waals surface area contributed by atoms with Crippen molar-refractivity contribution in [1.82, 2.24) is 9.13 Å². The second-order valence-corrected chi connectivity index (χ2v) is 25.1. The van der Waals surface area contributed by atoms with Crippen molar-refractivity contribution in [2.24, 2.45) is 0 Å². The minimum absolute atomic E-state index is 0.213. The van der Waals surface area contributed by atoms with Gasteiger partial charge >= 0.3 is 0 Å². The number of nitrogens with zero attached hydrogens (tertiary/aromatic N) is 4. The lowest BCUT2D eigenvalue weighted by Crippen LogP contribution is -2.61. The fraction of sp³-hybridized carbons (Fsp3) is 0.0488. The summed E-state index contributed by atoms with van der Waals surface area (Å²) >= 11 is 0. The maximum atomic E-state index is 7.35. The molecule has 418 valence electrons. The highest BCUT2D eigenvalue weighted by Gasteiger charge is 2.46. The van der Waals surface area contributed by atoms with Gasteiger partial charge in [0, 0.05) is 77.2 Å². The van der Waals surface area contributed by atoms with Gasteiger partial charge in [0.05, 0.1) is 33.4 Å². The highest BCUT2D eigenvalue weighted by Crippen LogP contribution is 2.53. The fourth-order valence-corrected chi connectivity index (χ4v) is 15.3. The normalized spacial score (nSPS) is 13.0. The molecule has 0 radical (unpaired) electrons. The van der Waals surface area contributed by atoms with Crippen molar-refractivity contribution in [1.29, 1.82) is 0 Å². The van der Waals surface area contributed by atoms with Crippen LogP contribution in [-0.4, -0.2) is 15.8 Å². The van der Waals surface area contributed by atoms with Gasteiger partial charge in [-0.3, -0.25) is 0 Å². The summed E-state index contributed by atoms with van der Waals surface area (Å²) in [5.74, 6) is 0. The molecule has 0 unspecified atom stereocenters. The van der Waals surface area contributed by atoms with E-state index in [1.54, 1.807) is 0 Å². The van der Waals surface area contributed by atoms with Gasteiger partial charge in [-0.05, 0) is 135 Å². The molecule has 17 aromatic rings. The first-order valence-corrected chi connectivity index (χ1v) is 30.9. The monoisotopic (exact) mass is 1140 g/mol. The van der Waals surface area contributed by atoms with Crippen LogP contribution >= 0.6 is 0 Å². The van der Waals surface area contributed by atoms with E-state index in [-0.39, 0.29) is 12.1 Å². The average Bonchev–Trinajstić information content (AvgIpc) is 1.21. The zero-order valence-electron chi connectivity index (χ0n) is 49.2. The van der Waals surface area contributed by atoms with Crippen LogP contribution in [0.4, 0.5) is 34.1 Å². The molecule has 19 rings (SSSR count). The van der Waals surface area contributed by atoms with Gasteiger partial charge in [-0.25, -0.2) is 0 Å². The summed E-state index contributed by atoms with van der Waals surface area (Å²) in [4.78, 5) is 5.11. The quantitative estimate of drug-likeness (QED) is 0.156. The van der Waals surface area contributed by atoms with Crippen molar-refractivity contribution in [2.75, 3.05) is 9.80 Å². The Morgan fingerprint density at radius 2 is 0.674 bits per heavy atom. The van der Waals surface area contributed by atoms with Crippen LogP contribution in [0.25, 0.3) is 121 Å². The van der Waals surface area contributed by atoms with E-state index < -0.39 is 0 Å². The van der Waals surface area contributed by atoms with Crippen LogP contribution in [0.3, 0.4) is 0 Å². The van der Waals surface area contributed by atoms with Crippen molar-refractivity contribution in [3.63, 3.8) is 0 Å². The standard InChI is InChI=1S/C82H55BN4O2/c1-82(2,3)52-46-73-79-74(47-52)87(70-45-41-56(51-24-8-5-9-25-51)78-62-31-15-21-37-76(62)89-81(70)78)72-49-54(85-67-34-18-12-28-59(67)60-29-13-19-35-68(60)85)39-43-64(72)83(79)63-42-38-53(84-65-32-16-10-26-57(65)58-27-11-17-33-66(58)84)48-71(63)86(73)69-44-40-55(50-22-6-4-7-23-50)77-61-30-14-20-36-75(61)88-80(69)77/h4-49H,1-3H3. The van der Waals surface area contributed by atoms with Crippen LogP contribution in [0.15, 0.2) is 288 Å². The molecule has 6 heterocycles. The van der Waals surface area contributed by atoms with Gasteiger partial charge in [-0.1, -0.05) is 215 Å². The molecule has 0 N–H and O–H groups in total. The number of anilines is 6. The van der Waals surface area contributed by atoms with Gasteiger partial charge in [0.25, 0.3) is 6.71 Å². The highest BCUT2D eigenvalue weighted by atomic mass is 16.3. The number of aromatic nitrogens is 2. The molecule has 0 amide bonds. The number of para-hydroxylation sites is 6. The lowest BCUT2D eigenvalue weighted by molar-refractivity contribution is 0.590. The van der Waals surface area contributed by atoms with E-state index in [2.05, 4.69) is 319 Å². The molecule has 2 aliphatic rings. The van der Waals surface area contributed by atoms with Crippen LogP contribution < -0.4 is 26.2 Å². The van der Waals surface area contributed by atoms with Crippen molar-refractivity contribution in [3.8, 4) is 33.6 Å². The minimum atomic E-state index is -0.299. The molecule has 13 aromatic carbocycles. The fourth-order valence-electron chi connectivity index (χ4n) is 15.3. The summed E-state index contributed by atoms with van der Waals surface area (Å²) in [5.41, 5.74) is 25.5. The average molecular weight is 1140 g/mol. The Kier molecular flexibility index (Phi) is 10.4. The zero-order chi connectivity index (χ0) is 58.8. The van der Waals surface area contributed by atoms with Gasteiger partial charge in [0.15, 0.2) is 11.2 Å². The number of rotatable bonds is 6. The van der Waals surface area contributed by atoms with E-state index in [4.69, 9.17) is 8.83 Å². The second kappa shape index (κ2) is 18.6. The number of fused-ring (bicyclic) bond motifs is 16. The van der Waals surface area contributed by atoms with Gasteiger partial charge in [-0.2, -0.15) is 0 Å². The van der Waals surface area contributed by atoms with E-state index in [9.17, 15) is 0 Å². The highest BCUT2D eigenvalue weighted by molar-refractivity contribution is 7.00. The molecule has 0 spiro atoms. The third-order valence-electron chi connectivity index (χ3n) is 19.2. The third-order valence-corrected chi connectivity index (χ3v) is 19.2. The molecule has 0 saturated heterocycles. The van der Waals surface area contributed by atoms with Crippen LogP contribution in [-0.2, 0) is 5.41 Å². The van der Waals surface area contributed by atoms with Crippen LogP contribution in [0, 0.1) is 0 Å². The van der Waals surface area contributed by atoms with Crippen LogP contribution in [0.1, 0.15) is 26.3 Å². The lowest BCUT2D eigenvalue weighted by atomic mass is 9.33. The minimum Gasteiger partial charge on any atom is -0.454 e. The molecule has 0 bridgehead atoms. The molecule has 0 atom stereocenters. The maximum absolute atomic E-state index is 7.35. The summed E-state index contributed by atoms with van der Waals surface area (Å²) in [7, 11) is 0. The van der Waals surface area contributed by atoms with E-state index in [0.717, 1.165) is 134 Å². The Hall–Kier alpha value is -11.3. The molecule has 89 heavy (non-hydrogen) atoms. The predicted molar refractivity (Wildman–Crippen MR) is 373 cm³/mol. The molecular formula is C82H55BN4O2. The smallest absolute Gasteiger partial charge is 0.252 e. The van der Waals surface area contributed by atoms with Gasteiger partial charge in [-0.15, -0.1) is 0 Å². The Balaban J connectivity index is 0.962.